The Morgan fingerprint density at radius 3 is 0.571 bits per heavy atom. The zero-order valence-corrected chi connectivity index (χ0v) is 27.9. The molecule has 8 aliphatic rings. The van der Waals surface area contributed by atoms with E-state index >= 15 is 0 Å². The van der Waals surface area contributed by atoms with E-state index in [9.17, 15) is 0 Å². The maximum absolute atomic E-state index is 1.65. The summed E-state index contributed by atoms with van der Waals surface area (Å²) < 4.78 is 0. The van der Waals surface area contributed by atoms with Crippen molar-refractivity contribution in [1.82, 2.24) is 0 Å². The number of rotatable bonds is 4. The van der Waals surface area contributed by atoms with Crippen molar-refractivity contribution >= 4 is 0 Å². The number of hydrogen-bond donors (Lipinski definition) is 0. The van der Waals surface area contributed by atoms with E-state index in [-0.39, 0.29) is 0 Å². The molecule has 0 aromatic heterocycles. The molecule has 8 atom stereocenters. The van der Waals surface area contributed by atoms with E-state index in [1.807, 2.05) is 0 Å². The van der Waals surface area contributed by atoms with Gasteiger partial charge in [-0.2, -0.15) is 0 Å². The molecule has 0 aromatic rings. The van der Waals surface area contributed by atoms with Crippen LogP contribution < -0.4 is 0 Å². The minimum absolute atomic E-state index is 1.11. The Bertz CT molecular complexity index is 696. The predicted octanol–water partition coefficient (Wildman–Crippen LogP) is 12.6. The highest BCUT2D eigenvalue weighted by Gasteiger charge is 2.64. The molecule has 8 unspecified atom stereocenters. The van der Waals surface area contributed by atoms with Crippen molar-refractivity contribution in [3.63, 3.8) is 0 Å². The molecule has 0 heteroatoms. The Morgan fingerprint density at radius 1 is 0.167 bits per heavy atom. The topological polar surface area (TPSA) is 0 Å². The van der Waals surface area contributed by atoms with Crippen molar-refractivity contribution in [3.8, 4) is 0 Å². The van der Waals surface area contributed by atoms with Crippen LogP contribution in [-0.2, 0) is 0 Å². The lowest BCUT2D eigenvalue weighted by Crippen LogP contribution is -2.63. The zero-order chi connectivity index (χ0) is 27.9. The van der Waals surface area contributed by atoms with E-state index in [4.69, 9.17) is 0 Å². The van der Waals surface area contributed by atoms with Gasteiger partial charge in [0.25, 0.3) is 0 Å². The van der Waals surface area contributed by atoms with Gasteiger partial charge in [-0.25, -0.2) is 0 Å². The van der Waals surface area contributed by atoms with Crippen LogP contribution in [0.3, 0.4) is 0 Å². The molecule has 8 rings (SSSR count). The minimum Gasteiger partial charge on any atom is -0.0533 e. The van der Waals surface area contributed by atoms with Crippen molar-refractivity contribution in [2.75, 3.05) is 0 Å². The second kappa shape index (κ2) is 13.4. The lowest BCUT2D eigenvalue weighted by Gasteiger charge is -2.69. The first-order valence-electron chi connectivity index (χ1n) is 20.9. The van der Waals surface area contributed by atoms with Crippen LogP contribution in [0, 0.1) is 82.9 Å². The highest BCUT2D eigenvalue weighted by Crippen LogP contribution is 2.70. The van der Waals surface area contributed by atoms with Crippen LogP contribution in [0.25, 0.3) is 0 Å². The van der Waals surface area contributed by atoms with Crippen molar-refractivity contribution in [2.24, 2.45) is 82.9 Å². The van der Waals surface area contributed by atoms with Gasteiger partial charge in [-0.05, 0) is 109 Å². The Kier molecular flexibility index (Phi) is 9.37. The van der Waals surface area contributed by atoms with E-state index in [2.05, 4.69) is 0 Å². The third kappa shape index (κ3) is 5.41. The molecule has 238 valence electrons. The van der Waals surface area contributed by atoms with E-state index in [0.29, 0.717) is 0 Å². The van der Waals surface area contributed by atoms with Crippen LogP contribution in [-0.4, -0.2) is 0 Å². The van der Waals surface area contributed by atoms with Gasteiger partial charge < -0.3 is 0 Å². The zero-order valence-electron chi connectivity index (χ0n) is 27.9. The standard InChI is InChI=1S/C42H70/c1-5-17-29(18-6-1)37-33-25-13-14-26-34(33)39(31-21-9-3-10-22-31)42-40(32-23-11-4-12-24-32)36-28-16-15-27-35(36)38(41(37)42)30-19-7-2-8-20-30/h29-42H,1-28H2. The van der Waals surface area contributed by atoms with Gasteiger partial charge in [-0.15, -0.1) is 0 Å². The van der Waals surface area contributed by atoms with Crippen LogP contribution in [0.15, 0.2) is 0 Å². The van der Waals surface area contributed by atoms with Crippen LogP contribution >= 0.6 is 0 Å². The fourth-order valence-corrected chi connectivity index (χ4v) is 15.7. The second-order valence-corrected chi connectivity index (χ2v) is 18.3. The SMILES string of the molecule is C1CCC(C2C3CCCCC3C(C3CCCCC3)C3C(C4CCCCC4)C4CCCCC4C(C4CCCCC4)C23)CC1. The first-order valence-corrected chi connectivity index (χ1v) is 20.9. The summed E-state index contributed by atoms with van der Waals surface area (Å²) in [5.41, 5.74) is 0. The summed E-state index contributed by atoms with van der Waals surface area (Å²) in [5, 5.41) is 0. The molecule has 0 spiro atoms. The van der Waals surface area contributed by atoms with Crippen molar-refractivity contribution < 1.29 is 0 Å². The van der Waals surface area contributed by atoms with Crippen LogP contribution in [0.1, 0.15) is 180 Å². The maximum atomic E-state index is 1.65. The molecular weight excluding hydrogens is 504 g/mol. The summed E-state index contributed by atoms with van der Waals surface area (Å²) in [6, 6.07) is 0. The van der Waals surface area contributed by atoms with Crippen LogP contribution in [0.5, 0.6) is 0 Å². The first kappa shape index (κ1) is 29.4. The predicted molar refractivity (Wildman–Crippen MR) is 178 cm³/mol. The summed E-state index contributed by atoms with van der Waals surface area (Å²) in [6.45, 7) is 0. The molecule has 0 nitrogen and oxygen atoms in total. The molecule has 42 heavy (non-hydrogen) atoms. The van der Waals surface area contributed by atoms with Gasteiger partial charge >= 0.3 is 0 Å². The Morgan fingerprint density at radius 2 is 0.357 bits per heavy atom. The third-order valence-electron chi connectivity index (χ3n) is 16.7. The number of fused-ring (bicyclic) bond motifs is 3. The maximum Gasteiger partial charge on any atom is -0.0313 e. The molecule has 0 saturated heterocycles. The van der Waals surface area contributed by atoms with Crippen molar-refractivity contribution in [3.05, 3.63) is 0 Å². The molecule has 0 amide bonds. The largest absolute Gasteiger partial charge is 0.0533 e. The molecule has 0 heterocycles. The van der Waals surface area contributed by atoms with Crippen molar-refractivity contribution in [2.45, 2.75) is 180 Å². The average molecular weight is 575 g/mol. The Balaban J connectivity index is 1.29. The molecule has 0 aromatic carbocycles. The van der Waals surface area contributed by atoms with Gasteiger partial charge in [0.15, 0.2) is 0 Å². The molecule has 0 bridgehead atoms. The lowest BCUT2D eigenvalue weighted by atomic mass is 9.36. The fraction of sp³-hybridized carbons (Fsp3) is 1.00. The van der Waals surface area contributed by atoms with Gasteiger partial charge in [0.05, 0.1) is 0 Å². The third-order valence-corrected chi connectivity index (χ3v) is 16.7. The molecule has 8 aliphatic carbocycles. The lowest BCUT2D eigenvalue weighted by molar-refractivity contribution is -0.209. The molecule has 0 aliphatic heterocycles. The average Bonchev–Trinajstić information content (AvgIpc) is 3.07. The first-order chi connectivity index (χ1) is 20.9. The van der Waals surface area contributed by atoms with Crippen LogP contribution in [0.4, 0.5) is 0 Å². The second-order valence-electron chi connectivity index (χ2n) is 18.3. The summed E-state index contributed by atoms with van der Waals surface area (Å²) in [4.78, 5) is 0. The van der Waals surface area contributed by atoms with E-state index in [1.54, 1.807) is 180 Å². The highest BCUT2D eigenvalue weighted by atomic mass is 14.7. The van der Waals surface area contributed by atoms with Gasteiger partial charge in [-0.1, -0.05) is 154 Å². The Hall–Kier alpha value is 0. The van der Waals surface area contributed by atoms with Crippen LogP contribution in [0.2, 0.25) is 0 Å². The van der Waals surface area contributed by atoms with E-state index < -0.39 is 0 Å². The monoisotopic (exact) mass is 575 g/mol. The molecule has 8 fully saturated rings. The minimum atomic E-state index is 1.11. The summed E-state index contributed by atoms with van der Waals surface area (Å²) >= 11 is 0. The Labute approximate surface area is 262 Å². The smallest absolute Gasteiger partial charge is 0.0313 e. The van der Waals surface area contributed by atoms with Gasteiger partial charge in [0.1, 0.15) is 0 Å². The molecule has 8 saturated carbocycles. The molecule has 0 N–H and O–H groups in total. The van der Waals surface area contributed by atoms with Gasteiger partial charge in [0, 0.05) is 0 Å². The summed E-state index contributed by atoms with van der Waals surface area (Å²) in [5.74, 6) is 15.8. The van der Waals surface area contributed by atoms with E-state index in [0.717, 1.165) is 82.9 Å². The highest BCUT2D eigenvalue weighted by molar-refractivity contribution is 5.12. The quantitative estimate of drug-likeness (QED) is 0.313. The van der Waals surface area contributed by atoms with Gasteiger partial charge in [0.2, 0.25) is 0 Å². The fourth-order valence-electron chi connectivity index (χ4n) is 15.7. The van der Waals surface area contributed by atoms with E-state index in [1.165, 1.54) is 0 Å². The molecule has 0 radical (unpaired) electrons. The summed E-state index contributed by atoms with van der Waals surface area (Å²) in [6.07, 6.45) is 44.8. The van der Waals surface area contributed by atoms with Gasteiger partial charge in [-0.3, -0.25) is 0 Å². The summed E-state index contributed by atoms with van der Waals surface area (Å²) in [7, 11) is 0. The van der Waals surface area contributed by atoms with Crippen molar-refractivity contribution in [1.29, 1.82) is 0 Å². The normalized spacial score (nSPS) is 46.9. The number of hydrogen-bond acceptors (Lipinski definition) is 0. The molecular formula is C42H70.